The lowest BCUT2D eigenvalue weighted by atomic mass is 9.87. The average Bonchev–Trinajstić information content (AvgIpc) is 2.98. The molecule has 0 radical (unpaired) electrons. The Balaban J connectivity index is 1.24. The van der Waals surface area contributed by atoms with E-state index in [4.69, 9.17) is 14.2 Å². The van der Waals surface area contributed by atoms with Gasteiger partial charge in [0, 0.05) is 23.1 Å². The smallest absolute Gasteiger partial charge is 0.410 e. The number of hydrogen-bond donors (Lipinski definition) is 0. The van der Waals surface area contributed by atoms with Crippen LogP contribution in [0, 0.1) is 0 Å². The van der Waals surface area contributed by atoms with Crippen molar-refractivity contribution in [1.29, 1.82) is 0 Å². The third-order valence-electron chi connectivity index (χ3n) is 7.16. The molecule has 0 aliphatic carbocycles. The minimum absolute atomic E-state index is 0.156. The van der Waals surface area contributed by atoms with Gasteiger partial charge in [0.15, 0.2) is 0 Å². The Morgan fingerprint density at radius 2 is 1.63 bits per heavy atom. The van der Waals surface area contributed by atoms with Gasteiger partial charge in [-0.25, -0.2) is 4.79 Å². The van der Waals surface area contributed by atoms with E-state index in [0.717, 1.165) is 23.5 Å². The summed E-state index contributed by atoms with van der Waals surface area (Å²) in [7, 11) is 0. The number of carbonyl (C=O) groups is 1. The summed E-state index contributed by atoms with van der Waals surface area (Å²) < 4.78 is 18.3. The van der Waals surface area contributed by atoms with Crippen LogP contribution in [-0.4, -0.2) is 48.1 Å². The van der Waals surface area contributed by atoms with Gasteiger partial charge in [0.25, 0.3) is 0 Å². The van der Waals surface area contributed by atoms with Crippen molar-refractivity contribution >= 4 is 28.6 Å². The summed E-state index contributed by atoms with van der Waals surface area (Å²) >= 11 is 1.79. The quantitative estimate of drug-likeness (QED) is 0.150. The maximum absolute atomic E-state index is 12.9. The first kappa shape index (κ1) is 29.0. The van der Waals surface area contributed by atoms with Gasteiger partial charge in [-0.15, -0.1) is 11.8 Å². The van der Waals surface area contributed by atoms with E-state index in [1.807, 2.05) is 39.0 Å². The van der Waals surface area contributed by atoms with Crippen molar-refractivity contribution in [2.75, 3.05) is 25.4 Å². The lowest BCUT2D eigenvalue weighted by molar-refractivity contribution is -0.0359. The fourth-order valence-electron chi connectivity index (χ4n) is 5.14. The topological polar surface area (TPSA) is 48.0 Å². The van der Waals surface area contributed by atoms with Gasteiger partial charge in [-0.05, 0) is 79.4 Å². The summed E-state index contributed by atoms with van der Waals surface area (Å²) in [5.41, 5.74) is 1.78. The standard InChI is InChI=1S/C35H39NO4S/c1-35(2,3)40-34(37)36-20-19-32(33(24-36)39-25-26-13-14-27-9-7-8-10-29(27)23-26)28-15-17-30(18-16-28)38-21-22-41-31-11-5-4-6-12-31/h4-18,23,32-33H,19-22,24-25H2,1-3H3. The molecule has 1 aliphatic heterocycles. The number of piperidine rings is 1. The number of likely N-dealkylation sites (tertiary alicyclic amines) is 1. The van der Waals surface area contributed by atoms with Crippen LogP contribution in [0.4, 0.5) is 4.79 Å². The molecule has 1 saturated heterocycles. The number of fused-ring (bicyclic) bond motifs is 1. The molecule has 214 valence electrons. The van der Waals surface area contributed by atoms with E-state index in [9.17, 15) is 4.79 Å². The highest BCUT2D eigenvalue weighted by atomic mass is 32.2. The second kappa shape index (κ2) is 13.5. The molecule has 1 heterocycles. The van der Waals surface area contributed by atoms with E-state index in [1.165, 1.54) is 21.2 Å². The van der Waals surface area contributed by atoms with E-state index in [2.05, 4.69) is 78.9 Å². The largest absolute Gasteiger partial charge is 0.493 e. The number of ether oxygens (including phenoxy) is 3. The number of thioether (sulfide) groups is 1. The van der Waals surface area contributed by atoms with E-state index in [0.29, 0.717) is 26.3 Å². The molecule has 5 rings (SSSR count). The predicted octanol–water partition coefficient (Wildman–Crippen LogP) is 8.32. The van der Waals surface area contributed by atoms with Crippen LogP contribution in [0.1, 0.15) is 44.2 Å². The highest BCUT2D eigenvalue weighted by Crippen LogP contribution is 2.33. The normalized spacial score (nSPS) is 17.4. The predicted molar refractivity (Wildman–Crippen MR) is 167 cm³/mol. The zero-order chi connectivity index (χ0) is 28.7. The number of hydrogen-bond acceptors (Lipinski definition) is 5. The fraction of sp³-hybridized carbons (Fsp3) is 0.343. The molecule has 1 aliphatic rings. The number of nitrogens with zero attached hydrogens (tertiary/aromatic N) is 1. The molecule has 0 spiro atoms. The van der Waals surface area contributed by atoms with Gasteiger partial charge < -0.3 is 19.1 Å². The van der Waals surface area contributed by atoms with E-state index < -0.39 is 5.60 Å². The summed E-state index contributed by atoms with van der Waals surface area (Å²) in [6.07, 6.45) is 0.361. The van der Waals surface area contributed by atoms with Crippen LogP contribution in [0.5, 0.6) is 5.75 Å². The minimum Gasteiger partial charge on any atom is -0.493 e. The monoisotopic (exact) mass is 569 g/mol. The van der Waals surface area contributed by atoms with Crippen molar-refractivity contribution in [3.63, 3.8) is 0 Å². The van der Waals surface area contributed by atoms with Gasteiger partial charge in [-0.2, -0.15) is 0 Å². The van der Waals surface area contributed by atoms with Crippen LogP contribution >= 0.6 is 11.8 Å². The van der Waals surface area contributed by atoms with Crippen LogP contribution in [0.25, 0.3) is 10.8 Å². The summed E-state index contributed by atoms with van der Waals surface area (Å²) in [5.74, 6) is 1.92. The minimum atomic E-state index is -0.537. The van der Waals surface area contributed by atoms with Crippen molar-refractivity contribution in [1.82, 2.24) is 4.90 Å². The SMILES string of the molecule is CC(C)(C)OC(=O)N1CCC(c2ccc(OCCSc3ccccc3)cc2)C(OCc2ccc3ccccc3c2)C1. The first-order valence-corrected chi connectivity index (χ1v) is 15.3. The number of rotatable bonds is 9. The lowest BCUT2D eigenvalue weighted by Crippen LogP contribution is -2.48. The van der Waals surface area contributed by atoms with Crippen LogP contribution in [0.3, 0.4) is 0 Å². The van der Waals surface area contributed by atoms with Gasteiger partial charge >= 0.3 is 6.09 Å². The Kier molecular flexibility index (Phi) is 9.53. The maximum atomic E-state index is 12.9. The van der Waals surface area contributed by atoms with Gasteiger partial charge in [-0.3, -0.25) is 0 Å². The zero-order valence-corrected chi connectivity index (χ0v) is 24.9. The number of carbonyl (C=O) groups excluding carboxylic acids is 1. The summed E-state index contributed by atoms with van der Waals surface area (Å²) in [6.45, 7) is 7.94. The molecule has 0 aromatic heterocycles. The molecule has 0 bridgehead atoms. The molecular weight excluding hydrogens is 530 g/mol. The summed E-state index contributed by atoms with van der Waals surface area (Å²) in [4.78, 5) is 15.9. The van der Waals surface area contributed by atoms with E-state index in [1.54, 1.807) is 16.7 Å². The first-order chi connectivity index (χ1) is 19.8. The molecule has 1 amide bonds. The van der Waals surface area contributed by atoms with E-state index in [-0.39, 0.29) is 18.1 Å². The molecule has 6 heteroatoms. The number of benzene rings is 4. The van der Waals surface area contributed by atoms with Gasteiger partial charge in [0.1, 0.15) is 11.4 Å². The van der Waals surface area contributed by atoms with Gasteiger partial charge in [0.05, 0.1) is 25.9 Å². The summed E-state index contributed by atoms with van der Waals surface area (Å²) in [6, 6.07) is 33.5. The fourth-order valence-corrected chi connectivity index (χ4v) is 5.89. The van der Waals surface area contributed by atoms with Gasteiger partial charge in [-0.1, -0.05) is 66.7 Å². The highest BCUT2D eigenvalue weighted by molar-refractivity contribution is 7.99. The molecule has 4 aromatic carbocycles. The van der Waals surface area contributed by atoms with Crippen LogP contribution in [0.2, 0.25) is 0 Å². The Hall–Kier alpha value is -3.48. The molecule has 4 aromatic rings. The molecule has 1 fully saturated rings. The third-order valence-corrected chi connectivity index (χ3v) is 8.14. The average molecular weight is 570 g/mol. The zero-order valence-electron chi connectivity index (χ0n) is 24.1. The maximum Gasteiger partial charge on any atom is 0.410 e. The molecule has 2 atom stereocenters. The Labute approximate surface area is 247 Å². The number of amides is 1. The molecule has 41 heavy (non-hydrogen) atoms. The molecule has 0 N–H and O–H groups in total. The Morgan fingerprint density at radius 3 is 2.39 bits per heavy atom. The van der Waals surface area contributed by atoms with Gasteiger partial charge in [0.2, 0.25) is 0 Å². The summed E-state index contributed by atoms with van der Waals surface area (Å²) in [5, 5.41) is 2.41. The Morgan fingerprint density at radius 1 is 0.902 bits per heavy atom. The Bertz CT molecular complexity index is 1420. The molecule has 0 saturated carbocycles. The van der Waals surface area contributed by atoms with Crippen molar-refractivity contribution < 1.29 is 19.0 Å². The van der Waals surface area contributed by atoms with Crippen LogP contribution in [-0.2, 0) is 16.1 Å². The molecule has 5 nitrogen and oxygen atoms in total. The molecular formula is C35H39NO4S. The lowest BCUT2D eigenvalue weighted by Gasteiger charge is -2.39. The third kappa shape index (κ3) is 8.27. The first-order valence-electron chi connectivity index (χ1n) is 14.3. The highest BCUT2D eigenvalue weighted by Gasteiger charge is 2.35. The van der Waals surface area contributed by atoms with Crippen molar-refractivity contribution in [3.05, 3.63) is 108 Å². The van der Waals surface area contributed by atoms with Crippen LogP contribution in [0.15, 0.2) is 102 Å². The van der Waals surface area contributed by atoms with Crippen molar-refractivity contribution in [2.45, 2.75) is 56.3 Å². The second-order valence-electron chi connectivity index (χ2n) is 11.4. The second-order valence-corrected chi connectivity index (χ2v) is 12.6. The van der Waals surface area contributed by atoms with Crippen molar-refractivity contribution in [2.24, 2.45) is 0 Å². The van der Waals surface area contributed by atoms with Crippen molar-refractivity contribution in [3.8, 4) is 5.75 Å². The molecule has 2 unspecified atom stereocenters. The van der Waals surface area contributed by atoms with Crippen LogP contribution < -0.4 is 4.74 Å². The van der Waals surface area contributed by atoms with E-state index >= 15 is 0 Å².